The molecule has 1 N–H and O–H groups in total. The highest BCUT2D eigenvalue weighted by molar-refractivity contribution is 5.64. The molecule has 0 amide bonds. The van der Waals surface area contributed by atoms with Gasteiger partial charge in [-0.3, -0.25) is 0 Å². The third kappa shape index (κ3) is 3.23. The Balaban J connectivity index is 1.93. The topological polar surface area (TPSA) is 56.5 Å². The van der Waals surface area contributed by atoms with Crippen LogP contribution in [0.3, 0.4) is 0 Å². The van der Waals surface area contributed by atoms with Crippen molar-refractivity contribution in [2.75, 3.05) is 26.9 Å². The van der Waals surface area contributed by atoms with Crippen LogP contribution in [0.15, 0.2) is 30.6 Å². The molecule has 1 aromatic carbocycles. The van der Waals surface area contributed by atoms with E-state index in [4.69, 9.17) is 9.47 Å². The Labute approximate surface area is 134 Å². The zero-order valence-corrected chi connectivity index (χ0v) is 13.2. The molecule has 2 aromatic rings. The number of imidazole rings is 1. The van der Waals surface area contributed by atoms with E-state index < -0.39 is 0 Å². The van der Waals surface area contributed by atoms with Crippen molar-refractivity contribution in [2.45, 2.75) is 19.4 Å². The Kier molecular flexibility index (Phi) is 4.63. The van der Waals surface area contributed by atoms with Crippen LogP contribution in [0.5, 0.6) is 5.75 Å². The van der Waals surface area contributed by atoms with Gasteiger partial charge in [0, 0.05) is 43.6 Å². The van der Waals surface area contributed by atoms with E-state index in [9.17, 15) is 9.50 Å². The molecule has 0 aliphatic carbocycles. The predicted octanol–water partition coefficient (Wildman–Crippen LogP) is 2.49. The third-order valence-electron chi connectivity index (χ3n) is 4.51. The van der Waals surface area contributed by atoms with Gasteiger partial charge in [-0.2, -0.15) is 0 Å². The standard InChI is InChI=1S/C17H21FN2O3/c1-22-15-10-13(18)2-3-14(15)16-19-6-7-20(16)11-17(12-21)4-8-23-9-5-17/h2-3,6-7,10,21H,4-5,8-9,11-12H2,1H3. The number of aliphatic hydroxyl groups is 1. The Hall–Kier alpha value is -1.92. The van der Waals surface area contributed by atoms with E-state index in [1.165, 1.54) is 19.2 Å². The van der Waals surface area contributed by atoms with Crippen molar-refractivity contribution < 1.29 is 19.0 Å². The number of ether oxygens (including phenoxy) is 2. The second-order valence-corrected chi connectivity index (χ2v) is 5.99. The fourth-order valence-corrected chi connectivity index (χ4v) is 3.06. The number of methoxy groups -OCH3 is 1. The van der Waals surface area contributed by atoms with Crippen molar-refractivity contribution >= 4 is 0 Å². The van der Waals surface area contributed by atoms with Crippen molar-refractivity contribution in [1.82, 2.24) is 9.55 Å². The molecule has 1 aromatic heterocycles. The molecule has 5 nitrogen and oxygen atoms in total. The van der Waals surface area contributed by atoms with Crippen LogP contribution in [0.4, 0.5) is 4.39 Å². The van der Waals surface area contributed by atoms with Crippen molar-refractivity contribution in [1.29, 1.82) is 0 Å². The lowest BCUT2D eigenvalue weighted by Crippen LogP contribution is -2.37. The number of rotatable bonds is 5. The molecule has 6 heteroatoms. The molecule has 0 bridgehead atoms. The van der Waals surface area contributed by atoms with Gasteiger partial charge in [-0.05, 0) is 25.0 Å². The van der Waals surface area contributed by atoms with E-state index >= 15 is 0 Å². The largest absolute Gasteiger partial charge is 0.496 e. The molecular formula is C17H21FN2O3. The minimum atomic E-state index is -0.347. The molecule has 1 fully saturated rings. The summed E-state index contributed by atoms with van der Waals surface area (Å²) < 4.78 is 26.1. The first-order valence-electron chi connectivity index (χ1n) is 7.71. The van der Waals surface area contributed by atoms with Crippen LogP contribution >= 0.6 is 0 Å². The lowest BCUT2D eigenvalue weighted by atomic mass is 9.81. The summed E-state index contributed by atoms with van der Waals surface area (Å²) in [5.74, 6) is 0.809. The van der Waals surface area contributed by atoms with E-state index in [2.05, 4.69) is 4.98 Å². The summed E-state index contributed by atoms with van der Waals surface area (Å²) in [5, 5.41) is 9.88. The third-order valence-corrected chi connectivity index (χ3v) is 4.51. The molecule has 1 aliphatic rings. The number of hydrogen-bond acceptors (Lipinski definition) is 4. The molecule has 0 radical (unpaired) electrons. The van der Waals surface area contributed by atoms with Gasteiger partial charge >= 0.3 is 0 Å². The number of aliphatic hydroxyl groups excluding tert-OH is 1. The number of halogens is 1. The first-order valence-corrected chi connectivity index (χ1v) is 7.71. The quantitative estimate of drug-likeness (QED) is 0.919. The van der Waals surface area contributed by atoms with Crippen LogP contribution in [0.25, 0.3) is 11.4 Å². The average Bonchev–Trinajstić information content (AvgIpc) is 3.03. The molecule has 23 heavy (non-hydrogen) atoms. The smallest absolute Gasteiger partial charge is 0.143 e. The van der Waals surface area contributed by atoms with E-state index in [0.717, 1.165) is 18.4 Å². The monoisotopic (exact) mass is 320 g/mol. The van der Waals surface area contributed by atoms with Gasteiger partial charge < -0.3 is 19.1 Å². The first kappa shape index (κ1) is 16.0. The van der Waals surface area contributed by atoms with Crippen LogP contribution in [0.2, 0.25) is 0 Å². The van der Waals surface area contributed by atoms with E-state index in [1.807, 2.05) is 10.8 Å². The van der Waals surface area contributed by atoms with Crippen LogP contribution in [0, 0.1) is 11.2 Å². The van der Waals surface area contributed by atoms with Crippen LogP contribution in [-0.2, 0) is 11.3 Å². The second-order valence-electron chi connectivity index (χ2n) is 5.99. The maximum atomic E-state index is 13.4. The Morgan fingerprint density at radius 2 is 2.17 bits per heavy atom. The molecule has 2 heterocycles. The summed E-state index contributed by atoms with van der Waals surface area (Å²) in [5.41, 5.74) is 0.528. The molecule has 0 saturated carbocycles. The van der Waals surface area contributed by atoms with E-state index in [1.54, 1.807) is 12.3 Å². The van der Waals surface area contributed by atoms with Crippen molar-refractivity contribution in [3.8, 4) is 17.1 Å². The van der Waals surface area contributed by atoms with E-state index in [0.29, 0.717) is 31.3 Å². The van der Waals surface area contributed by atoms with E-state index in [-0.39, 0.29) is 17.8 Å². The first-order chi connectivity index (χ1) is 11.2. The lowest BCUT2D eigenvalue weighted by Gasteiger charge is -2.36. The van der Waals surface area contributed by atoms with Gasteiger partial charge in [0.25, 0.3) is 0 Å². The Bertz CT molecular complexity index is 666. The maximum Gasteiger partial charge on any atom is 0.143 e. The van der Waals surface area contributed by atoms with Gasteiger partial charge in [0.1, 0.15) is 17.4 Å². The van der Waals surface area contributed by atoms with Gasteiger partial charge in [0.05, 0.1) is 19.3 Å². The summed E-state index contributed by atoms with van der Waals surface area (Å²) in [6.07, 6.45) is 5.21. The highest BCUT2D eigenvalue weighted by Gasteiger charge is 2.33. The van der Waals surface area contributed by atoms with Gasteiger partial charge in [-0.25, -0.2) is 9.37 Å². The summed E-state index contributed by atoms with van der Waals surface area (Å²) in [6.45, 7) is 2.06. The average molecular weight is 320 g/mol. The maximum absolute atomic E-state index is 13.4. The number of nitrogens with zero attached hydrogens (tertiary/aromatic N) is 2. The van der Waals surface area contributed by atoms with Crippen LogP contribution in [-0.4, -0.2) is 41.6 Å². The van der Waals surface area contributed by atoms with Crippen LogP contribution in [0.1, 0.15) is 12.8 Å². The molecule has 0 spiro atoms. The van der Waals surface area contributed by atoms with Gasteiger partial charge in [-0.1, -0.05) is 0 Å². The molecule has 1 aliphatic heterocycles. The Morgan fingerprint density at radius 1 is 1.39 bits per heavy atom. The summed E-state index contributed by atoms with van der Waals surface area (Å²) in [7, 11) is 1.51. The highest BCUT2D eigenvalue weighted by Crippen LogP contribution is 2.35. The van der Waals surface area contributed by atoms with Crippen molar-refractivity contribution in [3.05, 3.63) is 36.4 Å². The van der Waals surface area contributed by atoms with Crippen LogP contribution < -0.4 is 4.74 Å². The molecule has 124 valence electrons. The van der Waals surface area contributed by atoms with Gasteiger partial charge in [-0.15, -0.1) is 0 Å². The number of hydrogen-bond donors (Lipinski definition) is 1. The second kappa shape index (κ2) is 6.68. The lowest BCUT2D eigenvalue weighted by molar-refractivity contribution is -0.0250. The van der Waals surface area contributed by atoms with Crippen molar-refractivity contribution in [2.24, 2.45) is 5.41 Å². The highest BCUT2D eigenvalue weighted by atomic mass is 19.1. The Morgan fingerprint density at radius 3 is 2.87 bits per heavy atom. The minimum Gasteiger partial charge on any atom is -0.496 e. The summed E-state index contributed by atoms with van der Waals surface area (Å²) in [4.78, 5) is 4.40. The minimum absolute atomic E-state index is 0.106. The molecule has 1 saturated heterocycles. The molecule has 0 atom stereocenters. The molecule has 3 rings (SSSR count). The van der Waals surface area contributed by atoms with Crippen molar-refractivity contribution in [3.63, 3.8) is 0 Å². The SMILES string of the molecule is COc1cc(F)ccc1-c1nccn1CC1(CO)CCOCC1. The number of aromatic nitrogens is 2. The number of benzene rings is 1. The van der Waals surface area contributed by atoms with Gasteiger partial charge in [0.15, 0.2) is 0 Å². The normalized spacial score (nSPS) is 17.2. The van der Waals surface area contributed by atoms with Gasteiger partial charge in [0.2, 0.25) is 0 Å². The fraction of sp³-hybridized carbons (Fsp3) is 0.471. The zero-order chi connectivity index (χ0) is 16.3. The summed E-state index contributed by atoms with van der Waals surface area (Å²) in [6, 6.07) is 4.42. The zero-order valence-electron chi connectivity index (χ0n) is 13.2. The molecule has 0 unspecified atom stereocenters. The molecular weight excluding hydrogens is 299 g/mol. The summed E-state index contributed by atoms with van der Waals surface area (Å²) >= 11 is 0. The fourth-order valence-electron chi connectivity index (χ4n) is 3.06. The predicted molar refractivity (Wildman–Crippen MR) is 83.7 cm³/mol.